The van der Waals surface area contributed by atoms with Crippen LogP contribution in [0.1, 0.15) is 41.7 Å². The van der Waals surface area contributed by atoms with Gasteiger partial charge in [-0.1, -0.05) is 6.08 Å². The van der Waals surface area contributed by atoms with Crippen LogP contribution in [0.5, 0.6) is 5.75 Å². The van der Waals surface area contributed by atoms with E-state index in [1.807, 2.05) is 24.1 Å². The van der Waals surface area contributed by atoms with Crippen LogP contribution in [0.3, 0.4) is 0 Å². The fourth-order valence-electron chi connectivity index (χ4n) is 7.17. The normalized spacial score (nSPS) is 24.0. The highest BCUT2D eigenvalue weighted by Crippen LogP contribution is 2.40. The van der Waals surface area contributed by atoms with Gasteiger partial charge in [-0.2, -0.15) is 0 Å². The van der Waals surface area contributed by atoms with Crippen molar-refractivity contribution >= 4 is 33.5 Å². The Morgan fingerprint density at radius 1 is 1.15 bits per heavy atom. The number of ether oxygens (including phenoxy) is 1. The van der Waals surface area contributed by atoms with Crippen molar-refractivity contribution in [3.63, 3.8) is 0 Å². The van der Waals surface area contributed by atoms with Gasteiger partial charge in [0.15, 0.2) is 5.82 Å². The van der Waals surface area contributed by atoms with Gasteiger partial charge >= 0.3 is 0 Å². The summed E-state index contributed by atoms with van der Waals surface area (Å²) in [4.78, 5) is 25.9. The van der Waals surface area contributed by atoms with Crippen molar-refractivity contribution < 1.29 is 9.53 Å². The third kappa shape index (κ3) is 3.64. The number of carbonyl (C=O) groups is 1. The van der Waals surface area contributed by atoms with Crippen LogP contribution in [0.25, 0.3) is 39.2 Å². The highest BCUT2D eigenvalue weighted by Gasteiger charge is 2.47. The Labute approximate surface area is 233 Å². The first-order valence-electron chi connectivity index (χ1n) is 14.5. The van der Waals surface area contributed by atoms with E-state index in [1.165, 1.54) is 18.4 Å². The average molecular weight is 538 g/mol. The number of nitrogens with two attached hydrogens (primary N) is 1. The monoisotopic (exact) mass is 537 g/mol. The van der Waals surface area contributed by atoms with E-state index >= 15 is 0 Å². The van der Waals surface area contributed by atoms with Gasteiger partial charge in [0, 0.05) is 56.3 Å². The number of rotatable bonds is 6. The molecule has 1 amide bonds. The second kappa shape index (κ2) is 8.91. The predicted molar refractivity (Wildman–Crippen MR) is 155 cm³/mol. The van der Waals surface area contributed by atoms with Crippen LogP contribution in [0.2, 0.25) is 0 Å². The summed E-state index contributed by atoms with van der Waals surface area (Å²) in [6.07, 6.45) is 6.82. The molecule has 2 aliphatic heterocycles. The molecule has 9 nitrogen and oxygen atoms in total. The number of amides is 1. The van der Waals surface area contributed by atoms with Crippen LogP contribution in [-0.2, 0) is 13.6 Å². The molecule has 2 saturated carbocycles. The van der Waals surface area contributed by atoms with Crippen molar-refractivity contribution in [3.8, 4) is 17.3 Å². The topological polar surface area (TPSA) is 103 Å². The molecule has 3 fully saturated rings. The molecule has 4 aliphatic rings. The number of pyridine rings is 1. The second-order valence-corrected chi connectivity index (χ2v) is 12.0. The lowest BCUT2D eigenvalue weighted by molar-refractivity contribution is 0.0700. The Kier molecular flexibility index (Phi) is 5.37. The zero-order valence-corrected chi connectivity index (χ0v) is 23.1. The maximum absolute atomic E-state index is 13.7. The predicted octanol–water partition coefficient (Wildman–Crippen LogP) is 3.56. The molecule has 2 aliphatic carbocycles. The van der Waals surface area contributed by atoms with Gasteiger partial charge in [0.05, 0.1) is 24.0 Å². The lowest BCUT2D eigenvalue weighted by atomic mass is 10.1. The Balaban J connectivity index is 1.24. The second-order valence-electron chi connectivity index (χ2n) is 12.0. The van der Waals surface area contributed by atoms with Crippen LogP contribution in [-0.4, -0.2) is 68.7 Å². The van der Waals surface area contributed by atoms with Gasteiger partial charge < -0.3 is 29.8 Å². The largest absolute Gasteiger partial charge is 0.494 e. The lowest BCUT2D eigenvalue weighted by Crippen LogP contribution is -2.41. The molecule has 5 heterocycles. The molecule has 206 valence electrons. The van der Waals surface area contributed by atoms with E-state index in [4.69, 9.17) is 20.4 Å². The van der Waals surface area contributed by atoms with E-state index in [0.717, 1.165) is 78.3 Å². The number of hydrogen-bond acceptors (Lipinski definition) is 6. The highest BCUT2D eigenvalue weighted by molar-refractivity contribution is 6.00. The number of likely N-dealkylation sites (tertiary alicyclic amines) is 1. The number of nitrogens with zero attached hydrogens (tertiary/aromatic N) is 5. The molecule has 4 aromatic rings. The summed E-state index contributed by atoms with van der Waals surface area (Å²) >= 11 is 0. The van der Waals surface area contributed by atoms with Gasteiger partial charge in [-0.3, -0.25) is 4.79 Å². The fraction of sp³-hybridized carbons (Fsp3) is 0.452. The summed E-state index contributed by atoms with van der Waals surface area (Å²) in [5, 5.41) is 4.49. The molecule has 1 saturated heterocycles. The summed E-state index contributed by atoms with van der Waals surface area (Å²) in [7, 11) is 3.69. The van der Waals surface area contributed by atoms with Gasteiger partial charge in [0.25, 0.3) is 5.91 Å². The number of methoxy groups -OCH3 is 1. The van der Waals surface area contributed by atoms with Crippen molar-refractivity contribution in [2.75, 3.05) is 26.7 Å². The molecule has 0 unspecified atom stereocenters. The molecular formula is C31H35N7O2. The first kappa shape index (κ1) is 24.1. The van der Waals surface area contributed by atoms with E-state index in [2.05, 4.69) is 38.7 Å². The molecule has 0 radical (unpaired) electrons. The molecule has 0 spiro atoms. The number of nitrogens with one attached hydrogen (secondary N) is 1. The van der Waals surface area contributed by atoms with E-state index in [9.17, 15) is 4.79 Å². The van der Waals surface area contributed by atoms with Crippen molar-refractivity contribution in [1.29, 1.82) is 0 Å². The van der Waals surface area contributed by atoms with Crippen LogP contribution < -0.4 is 15.8 Å². The molecule has 1 aromatic carbocycles. The first-order chi connectivity index (χ1) is 19.5. The summed E-state index contributed by atoms with van der Waals surface area (Å²) in [5.74, 6) is 2.60. The van der Waals surface area contributed by atoms with Gasteiger partial charge in [0.2, 0.25) is 0 Å². The Hall–Kier alpha value is -3.69. The number of imidazole rings is 1. The number of carbonyl (C=O) groups excluding carboxylic acids is 1. The number of fused-ring (bicyclic) bond motifs is 4. The molecule has 3 aromatic heterocycles. The molecule has 3 N–H and O–H groups in total. The first-order valence-corrected chi connectivity index (χ1v) is 14.5. The molecule has 9 heteroatoms. The molecule has 40 heavy (non-hydrogen) atoms. The van der Waals surface area contributed by atoms with E-state index < -0.39 is 0 Å². The summed E-state index contributed by atoms with van der Waals surface area (Å²) in [6, 6.07) is 10.5. The fourth-order valence-corrected chi connectivity index (χ4v) is 7.17. The quantitative estimate of drug-likeness (QED) is 0.390. The Bertz CT molecular complexity index is 1710. The van der Waals surface area contributed by atoms with Crippen molar-refractivity contribution in [3.05, 3.63) is 47.7 Å². The standard InChI is InChI=1S/C31H35N7O2/c1-36-28-23(11-21(13-26(28)40-2)31(39)38-16-20-6-8-24(38)27(20)32)35-30(36)25-12-18-5-7-22(19-9-10-33-14-19)34-29(18)37(25)15-17-3-4-17/h5,7,9,11-13,17,20,24,27,33H,3-4,6,8,10,14-16,32H2,1-2H3/t20-,24-,27-/m1/s1. The minimum absolute atomic E-state index is 0.0188. The number of aromatic nitrogens is 4. The van der Waals surface area contributed by atoms with Crippen LogP contribution in [0, 0.1) is 11.8 Å². The minimum atomic E-state index is 0.0188. The zero-order chi connectivity index (χ0) is 27.1. The van der Waals surface area contributed by atoms with Gasteiger partial charge in [0.1, 0.15) is 16.9 Å². The lowest BCUT2D eigenvalue weighted by Gasteiger charge is -2.27. The van der Waals surface area contributed by atoms with E-state index in [0.29, 0.717) is 23.1 Å². The summed E-state index contributed by atoms with van der Waals surface area (Å²) < 4.78 is 10.3. The molecular weight excluding hydrogens is 502 g/mol. The molecule has 8 rings (SSSR count). The number of benzene rings is 1. The third-order valence-electron chi connectivity index (χ3n) is 9.56. The maximum atomic E-state index is 13.7. The van der Waals surface area contributed by atoms with Crippen molar-refractivity contribution in [1.82, 2.24) is 29.3 Å². The molecule has 3 atom stereocenters. The van der Waals surface area contributed by atoms with Crippen molar-refractivity contribution in [2.45, 2.75) is 44.3 Å². The number of piperidine rings is 1. The number of aryl methyl sites for hydroxylation is 1. The Morgan fingerprint density at radius 3 is 2.73 bits per heavy atom. The Morgan fingerprint density at radius 2 is 2.02 bits per heavy atom. The summed E-state index contributed by atoms with van der Waals surface area (Å²) in [6.45, 7) is 3.41. The van der Waals surface area contributed by atoms with Gasteiger partial charge in [-0.25, -0.2) is 9.97 Å². The SMILES string of the molecule is COc1cc(C(=O)N2C[C@H]3CC[C@@H]2[C@@H]3N)cc2nc(-c3cc4ccc(C5=CCNC5)nc4n3CC3CC3)n(C)c12. The zero-order valence-electron chi connectivity index (χ0n) is 23.1. The maximum Gasteiger partial charge on any atom is 0.254 e. The van der Waals surface area contributed by atoms with Crippen LogP contribution >= 0.6 is 0 Å². The van der Waals surface area contributed by atoms with Crippen LogP contribution in [0.4, 0.5) is 0 Å². The third-order valence-corrected chi connectivity index (χ3v) is 9.56. The average Bonchev–Trinajstić information content (AvgIpc) is 3.34. The van der Waals surface area contributed by atoms with Gasteiger partial charge in [-0.05, 0) is 73.4 Å². The van der Waals surface area contributed by atoms with Gasteiger partial charge in [-0.15, -0.1) is 0 Å². The highest BCUT2D eigenvalue weighted by atomic mass is 16.5. The minimum Gasteiger partial charge on any atom is -0.494 e. The number of hydrogen-bond donors (Lipinski definition) is 2. The molecule has 2 bridgehead atoms. The van der Waals surface area contributed by atoms with E-state index in [1.54, 1.807) is 7.11 Å². The summed E-state index contributed by atoms with van der Waals surface area (Å²) in [5.41, 5.74) is 13.0. The van der Waals surface area contributed by atoms with E-state index in [-0.39, 0.29) is 18.0 Å². The smallest absolute Gasteiger partial charge is 0.254 e. The van der Waals surface area contributed by atoms with Crippen molar-refractivity contribution in [2.24, 2.45) is 24.6 Å². The van der Waals surface area contributed by atoms with Crippen LogP contribution in [0.15, 0.2) is 36.4 Å².